The van der Waals surface area contributed by atoms with Crippen molar-refractivity contribution in [3.05, 3.63) is 35.6 Å². The molecule has 19 heavy (non-hydrogen) atoms. The fraction of sp³-hybridized carbons (Fsp3) is 0.500. The smallest absolute Gasteiger partial charge is 0.400 e. The Bertz CT molecular complexity index is 455. The first-order valence-corrected chi connectivity index (χ1v) is 6.92. The topological polar surface area (TPSA) is 31.4 Å². The van der Waals surface area contributed by atoms with Gasteiger partial charge in [-0.3, -0.25) is 4.98 Å². The van der Waals surface area contributed by atoms with Gasteiger partial charge in [-0.1, -0.05) is 12.0 Å². The van der Waals surface area contributed by atoms with E-state index in [0.29, 0.717) is 5.88 Å². The van der Waals surface area contributed by atoms with E-state index < -0.39 is 0 Å². The number of aromatic nitrogens is 1. The first-order chi connectivity index (χ1) is 8.84. The van der Waals surface area contributed by atoms with Crippen LogP contribution in [0.2, 0.25) is 0 Å². The van der Waals surface area contributed by atoms with Crippen molar-refractivity contribution >= 4 is 24.8 Å². The Hall–Kier alpha value is -0.835. The van der Waals surface area contributed by atoms with Gasteiger partial charge < -0.3 is 9.31 Å². The van der Waals surface area contributed by atoms with E-state index in [1.54, 1.807) is 6.20 Å². The monoisotopic (exact) mass is 279 g/mol. The molecule has 5 heteroatoms. The number of hydrogen-bond acceptors (Lipinski definition) is 3. The van der Waals surface area contributed by atoms with Crippen molar-refractivity contribution in [2.75, 3.05) is 0 Å². The predicted molar refractivity (Wildman–Crippen MR) is 78.9 cm³/mol. The quantitative estimate of drug-likeness (QED) is 0.627. The molecule has 0 N–H and O–H groups in total. The Morgan fingerprint density at radius 3 is 2.32 bits per heavy atom. The number of alkyl halides is 1. The van der Waals surface area contributed by atoms with Crippen LogP contribution in [0.5, 0.6) is 0 Å². The average Bonchev–Trinajstić information content (AvgIpc) is 2.56. The summed E-state index contributed by atoms with van der Waals surface area (Å²) in [5.41, 5.74) is 1.26. The van der Waals surface area contributed by atoms with E-state index in [0.717, 1.165) is 11.3 Å². The summed E-state index contributed by atoms with van der Waals surface area (Å²) in [5, 5.41) is 0. The molecule has 2 rings (SSSR count). The van der Waals surface area contributed by atoms with E-state index in [1.165, 1.54) is 0 Å². The molecule has 0 unspecified atom stereocenters. The molecule has 3 nitrogen and oxygen atoms in total. The molecule has 0 amide bonds. The molecule has 0 radical (unpaired) electrons. The highest BCUT2D eigenvalue weighted by Gasteiger charge is 2.49. The molecule has 1 aromatic rings. The molecule has 1 saturated heterocycles. The highest BCUT2D eigenvalue weighted by Crippen LogP contribution is 2.36. The van der Waals surface area contributed by atoms with Gasteiger partial charge in [-0.2, -0.15) is 0 Å². The van der Waals surface area contributed by atoms with Crippen LogP contribution in [0.15, 0.2) is 24.3 Å². The second kappa shape index (κ2) is 5.27. The zero-order valence-electron chi connectivity index (χ0n) is 11.8. The van der Waals surface area contributed by atoms with Gasteiger partial charge in [0.2, 0.25) is 0 Å². The minimum absolute atomic E-state index is 0.308. The Kier molecular flexibility index (Phi) is 4.04. The van der Waals surface area contributed by atoms with Crippen LogP contribution in [0.25, 0.3) is 6.08 Å². The second-order valence-corrected chi connectivity index (χ2v) is 5.98. The van der Waals surface area contributed by atoms with Crippen molar-refractivity contribution in [3.8, 4) is 0 Å². The van der Waals surface area contributed by atoms with Crippen molar-refractivity contribution in [2.45, 2.75) is 44.8 Å². The summed E-state index contributed by atoms with van der Waals surface area (Å²) in [4.78, 5) is 4.30. The molecular weight excluding hydrogens is 260 g/mol. The summed E-state index contributed by atoms with van der Waals surface area (Å²) in [6.07, 6.45) is 3.68. The molecule has 0 spiro atoms. The minimum Gasteiger partial charge on any atom is -0.400 e. The van der Waals surface area contributed by atoms with Crippen molar-refractivity contribution in [1.82, 2.24) is 4.98 Å². The number of halogens is 1. The van der Waals surface area contributed by atoms with Crippen LogP contribution < -0.4 is 0 Å². The van der Waals surface area contributed by atoms with E-state index in [2.05, 4.69) is 4.98 Å². The first-order valence-electron chi connectivity index (χ1n) is 6.39. The maximum atomic E-state index is 5.87. The normalized spacial score (nSPS) is 21.2. The Balaban J connectivity index is 2.04. The fourth-order valence-corrected chi connectivity index (χ4v) is 1.92. The lowest BCUT2D eigenvalue weighted by molar-refractivity contribution is 0.00578. The number of nitrogens with zero attached hydrogens (tertiary/aromatic N) is 1. The number of hydrogen-bond donors (Lipinski definition) is 0. The molecular formula is C14H19BClNO2. The van der Waals surface area contributed by atoms with E-state index in [4.69, 9.17) is 20.9 Å². The standard InChI is InChI=1S/C14H19BClNO2/c1-13(2)14(3,4)19-15(18-13)8-7-12-6-5-11(9-16)10-17-12/h5-8,10H,9H2,1-4H3/b8-7+. The molecule has 1 aliphatic rings. The van der Waals surface area contributed by atoms with Crippen LogP contribution in [0.1, 0.15) is 39.0 Å². The van der Waals surface area contributed by atoms with Gasteiger partial charge in [0.05, 0.1) is 16.9 Å². The van der Waals surface area contributed by atoms with Gasteiger partial charge in [0, 0.05) is 12.1 Å². The van der Waals surface area contributed by atoms with Crippen LogP contribution >= 0.6 is 11.6 Å². The fourth-order valence-electron chi connectivity index (χ4n) is 1.76. The van der Waals surface area contributed by atoms with E-state index in [9.17, 15) is 0 Å². The highest BCUT2D eigenvalue weighted by molar-refractivity contribution is 6.52. The maximum Gasteiger partial charge on any atom is 0.487 e. The first kappa shape index (κ1) is 14.6. The van der Waals surface area contributed by atoms with Gasteiger partial charge in [-0.05, 0) is 45.4 Å². The molecule has 102 valence electrons. The second-order valence-electron chi connectivity index (χ2n) is 5.71. The van der Waals surface area contributed by atoms with Gasteiger partial charge in [0.25, 0.3) is 0 Å². The lowest BCUT2D eigenvalue weighted by Crippen LogP contribution is -2.41. The summed E-state index contributed by atoms with van der Waals surface area (Å²) in [6, 6.07) is 3.89. The Labute approximate surface area is 120 Å². The molecule has 0 aromatic carbocycles. The van der Waals surface area contributed by atoms with Crippen molar-refractivity contribution in [1.29, 1.82) is 0 Å². The molecule has 1 fully saturated rings. The third-order valence-electron chi connectivity index (χ3n) is 3.70. The van der Waals surface area contributed by atoms with Crippen molar-refractivity contribution in [3.63, 3.8) is 0 Å². The largest absolute Gasteiger partial charge is 0.487 e. The van der Waals surface area contributed by atoms with Crippen LogP contribution in [0, 0.1) is 0 Å². The molecule has 1 aliphatic heterocycles. The van der Waals surface area contributed by atoms with Crippen LogP contribution in [-0.2, 0) is 15.2 Å². The molecule has 2 heterocycles. The van der Waals surface area contributed by atoms with Crippen LogP contribution in [0.3, 0.4) is 0 Å². The molecule has 1 aromatic heterocycles. The van der Waals surface area contributed by atoms with Gasteiger partial charge >= 0.3 is 7.12 Å². The summed E-state index contributed by atoms with van der Waals surface area (Å²) in [5.74, 6) is 2.37. The third kappa shape index (κ3) is 3.19. The van der Waals surface area contributed by atoms with Gasteiger partial charge in [0.15, 0.2) is 0 Å². The SMILES string of the molecule is CC1(C)OB(/C=C/c2ccc(CCl)cn2)OC1(C)C. The minimum atomic E-state index is -0.334. The maximum absolute atomic E-state index is 5.87. The zero-order chi connectivity index (χ0) is 14.1. The van der Waals surface area contributed by atoms with E-state index in [-0.39, 0.29) is 18.3 Å². The van der Waals surface area contributed by atoms with Gasteiger partial charge in [-0.25, -0.2) is 0 Å². The van der Waals surface area contributed by atoms with E-state index in [1.807, 2.05) is 51.9 Å². The summed E-state index contributed by atoms with van der Waals surface area (Å²) < 4.78 is 11.7. The average molecular weight is 280 g/mol. The zero-order valence-corrected chi connectivity index (χ0v) is 12.6. The van der Waals surface area contributed by atoms with Gasteiger partial charge in [0.1, 0.15) is 0 Å². The molecule has 0 bridgehead atoms. The van der Waals surface area contributed by atoms with Crippen LogP contribution in [0.4, 0.5) is 0 Å². The highest BCUT2D eigenvalue weighted by atomic mass is 35.5. The number of rotatable bonds is 3. The van der Waals surface area contributed by atoms with Gasteiger partial charge in [-0.15, -0.1) is 11.6 Å². The molecule has 0 saturated carbocycles. The Morgan fingerprint density at radius 1 is 1.21 bits per heavy atom. The third-order valence-corrected chi connectivity index (χ3v) is 4.01. The summed E-state index contributed by atoms with van der Waals surface area (Å²) in [7, 11) is -0.334. The number of pyridine rings is 1. The summed E-state index contributed by atoms with van der Waals surface area (Å²) in [6.45, 7) is 8.14. The molecule has 0 aliphatic carbocycles. The van der Waals surface area contributed by atoms with E-state index >= 15 is 0 Å². The predicted octanol–water partition coefficient (Wildman–Crippen LogP) is 3.47. The van der Waals surface area contributed by atoms with Crippen molar-refractivity contribution in [2.24, 2.45) is 0 Å². The molecule has 0 atom stereocenters. The summed E-state index contributed by atoms with van der Waals surface area (Å²) >= 11 is 5.72. The lowest BCUT2D eigenvalue weighted by atomic mass is 9.89. The lowest BCUT2D eigenvalue weighted by Gasteiger charge is -2.32. The Morgan fingerprint density at radius 2 is 1.84 bits per heavy atom. The van der Waals surface area contributed by atoms with Crippen molar-refractivity contribution < 1.29 is 9.31 Å². The van der Waals surface area contributed by atoms with Crippen LogP contribution in [-0.4, -0.2) is 23.3 Å².